The van der Waals surface area contributed by atoms with Gasteiger partial charge in [0, 0.05) is 11.3 Å². The van der Waals surface area contributed by atoms with E-state index in [1.807, 2.05) is 16.3 Å². The van der Waals surface area contributed by atoms with E-state index in [1.165, 1.54) is 20.0 Å². The third-order valence-corrected chi connectivity index (χ3v) is 4.63. The van der Waals surface area contributed by atoms with Crippen molar-refractivity contribution < 1.29 is 9.53 Å². The second-order valence-corrected chi connectivity index (χ2v) is 5.69. The highest BCUT2D eigenvalue weighted by Crippen LogP contribution is 2.35. The summed E-state index contributed by atoms with van der Waals surface area (Å²) in [5.41, 5.74) is 6.22. The molecule has 1 fully saturated rings. The van der Waals surface area contributed by atoms with Crippen molar-refractivity contribution in [3.05, 3.63) is 12.0 Å². The van der Waals surface area contributed by atoms with Crippen molar-refractivity contribution in [1.29, 1.82) is 0 Å². The summed E-state index contributed by atoms with van der Waals surface area (Å²) in [5, 5.41) is 0.673. The normalized spacial score (nSPS) is 23.9. The Labute approximate surface area is 111 Å². The molecule has 0 radical (unpaired) electrons. The van der Waals surface area contributed by atoms with Gasteiger partial charge in [-0.1, -0.05) is 6.42 Å². The van der Waals surface area contributed by atoms with Gasteiger partial charge in [0.2, 0.25) is 0 Å². The number of aromatic nitrogens is 2. The van der Waals surface area contributed by atoms with Gasteiger partial charge in [-0.2, -0.15) is 11.8 Å². The fourth-order valence-corrected chi connectivity index (χ4v) is 3.32. The van der Waals surface area contributed by atoms with E-state index in [1.54, 1.807) is 6.33 Å². The summed E-state index contributed by atoms with van der Waals surface area (Å²) in [6.45, 7) is 0. The Hall–Kier alpha value is -1.17. The minimum atomic E-state index is -0.469. The van der Waals surface area contributed by atoms with E-state index in [9.17, 15) is 4.79 Å². The first-order chi connectivity index (χ1) is 8.67. The summed E-state index contributed by atoms with van der Waals surface area (Å²) in [7, 11) is 1.34. The van der Waals surface area contributed by atoms with Crippen molar-refractivity contribution in [1.82, 2.24) is 9.55 Å². The minimum Gasteiger partial charge on any atom is -0.464 e. The zero-order valence-electron chi connectivity index (χ0n) is 10.8. The lowest BCUT2D eigenvalue weighted by Crippen LogP contribution is -2.21. The molecule has 2 rings (SSSR count). The lowest BCUT2D eigenvalue weighted by Gasteiger charge is -2.29. The Bertz CT molecular complexity index is 433. The first kappa shape index (κ1) is 13.3. The molecule has 100 valence electrons. The molecule has 0 amide bonds. The Morgan fingerprint density at radius 1 is 1.61 bits per heavy atom. The number of nitrogen functional groups attached to an aromatic ring is 1. The number of carbonyl (C=O) groups is 1. The highest BCUT2D eigenvalue weighted by molar-refractivity contribution is 7.99. The number of hydrogen-bond donors (Lipinski definition) is 1. The summed E-state index contributed by atoms with van der Waals surface area (Å²) < 4.78 is 6.59. The molecule has 0 saturated heterocycles. The van der Waals surface area contributed by atoms with E-state index < -0.39 is 5.97 Å². The van der Waals surface area contributed by atoms with Crippen molar-refractivity contribution >= 4 is 23.5 Å². The second-order valence-electron chi connectivity index (χ2n) is 4.56. The predicted molar refractivity (Wildman–Crippen MR) is 72.8 cm³/mol. The molecular formula is C12H19N3O2S. The fourth-order valence-electron chi connectivity index (χ4n) is 2.50. The molecule has 1 saturated carbocycles. The summed E-state index contributed by atoms with van der Waals surface area (Å²) in [6, 6.07) is 0.349. The van der Waals surface area contributed by atoms with E-state index in [4.69, 9.17) is 5.73 Å². The lowest BCUT2D eigenvalue weighted by atomic mass is 9.95. The van der Waals surface area contributed by atoms with Gasteiger partial charge in [0.25, 0.3) is 0 Å². The molecule has 1 aliphatic carbocycles. The number of methoxy groups -OCH3 is 1. The fraction of sp³-hybridized carbons (Fsp3) is 0.667. The Morgan fingerprint density at radius 3 is 3.06 bits per heavy atom. The first-order valence-electron chi connectivity index (χ1n) is 6.10. The largest absolute Gasteiger partial charge is 0.464 e. The molecular weight excluding hydrogens is 250 g/mol. The van der Waals surface area contributed by atoms with E-state index in [-0.39, 0.29) is 5.69 Å². The van der Waals surface area contributed by atoms with Crippen LogP contribution in [0, 0.1) is 0 Å². The number of nitrogens with two attached hydrogens (primary N) is 1. The Kier molecular flexibility index (Phi) is 4.16. The summed E-state index contributed by atoms with van der Waals surface area (Å²) in [4.78, 5) is 15.5. The number of nitrogens with zero attached hydrogens (tertiary/aromatic N) is 2. The maximum atomic E-state index is 11.5. The third kappa shape index (κ3) is 2.48. The number of thioether (sulfide) groups is 1. The van der Waals surface area contributed by atoms with Gasteiger partial charge in [-0.3, -0.25) is 0 Å². The van der Waals surface area contributed by atoms with Crippen LogP contribution in [-0.4, -0.2) is 34.1 Å². The topological polar surface area (TPSA) is 70.1 Å². The van der Waals surface area contributed by atoms with Crippen LogP contribution in [0.3, 0.4) is 0 Å². The SMILES string of the molecule is COC(=O)c1ncn(C2CCCC(SC)C2)c1N. The molecule has 18 heavy (non-hydrogen) atoms. The molecule has 0 bridgehead atoms. The number of ether oxygens (including phenoxy) is 1. The van der Waals surface area contributed by atoms with Crippen molar-refractivity contribution in [2.75, 3.05) is 19.1 Å². The molecule has 0 aliphatic heterocycles. The number of carbonyl (C=O) groups excluding carboxylic acids is 1. The van der Waals surface area contributed by atoms with Crippen LogP contribution < -0.4 is 5.73 Å². The highest BCUT2D eigenvalue weighted by Gasteiger charge is 2.26. The first-order valence-corrected chi connectivity index (χ1v) is 7.39. The Morgan fingerprint density at radius 2 is 2.39 bits per heavy atom. The van der Waals surface area contributed by atoms with Crippen LogP contribution in [0.4, 0.5) is 5.82 Å². The summed E-state index contributed by atoms with van der Waals surface area (Å²) in [6.07, 6.45) is 8.44. The van der Waals surface area contributed by atoms with Crippen molar-refractivity contribution in [3.8, 4) is 0 Å². The van der Waals surface area contributed by atoms with Gasteiger partial charge >= 0.3 is 5.97 Å². The molecule has 1 aromatic heterocycles. The molecule has 5 nitrogen and oxygen atoms in total. The zero-order chi connectivity index (χ0) is 13.1. The standard InChI is InChI=1S/C12H19N3O2S/c1-17-12(16)10-11(13)15(7-14-10)8-4-3-5-9(6-8)18-2/h7-9H,3-6,13H2,1-2H3. The summed E-state index contributed by atoms with van der Waals surface area (Å²) >= 11 is 1.90. The smallest absolute Gasteiger partial charge is 0.360 e. The van der Waals surface area contributed by atoms with Crippen LogP contribution in [0.5, 0.6) is 0 Å². The van der Waals surface area contributed by atoms with Crippen molar-refractivity contribution in [2.45, 2.75) is 37.0 Å². The van der Waals surface area contributed by atoms with E-state index >= 15 is 0 Å². The average molecular weight is 269 g/mol. The van der Waals surface area contributed by atoms with Gasteiger partial charge in [-0.05, 0) is 25.5 Å². The van der Waals surface area contributed by atoms with Crippen molar-refractivity contribution in [2.24, 2.45) is 0 Å². The number of anilines is 1. The lowest BCUT2D eigenvalue weighted by molar-refractivity contribution is 0.0596. The van der Waals surface area contributed by atoms with Gasteiger partial charge in [0.05, 0.1) is 13.4 Å². The van der Waals surface area contributed by atoms with Crippen LogP contribution in [-0.2, 0) is 4.74 Å². The maximum absolute atomic E-state index is 11.5. The van der Waals surface area contributed by atoms with Gasteiger partial charge in [-0.25, -0.2) is 9.78 Å². The summed E-state index contributed by atoms with van der Waals surface area (Å²) in [5.74, 6) is -0.0444. The average Bonchev–Trinajstić information content (AvgIpc) is 2.80. The number of rotatable bonds is 3. The van der Waals surface area contributed by atoms with Crippen LogP contribution in [0.2, 0.25) is 0 Å². The van der Waals surface area contributed by atoms with Crippen molar-refractivity contribution in [3.63, 3.8) is 0 Å². The molecule has 2 N–H and O–H groups in total. The van der Waals surface area contributed by atoms with Gasteiger partial charge < -0.3 is 15.0 Å². The number of esters is 1. The van der Waals surface area contributed by atoms with Gasteiger partial charge in [0.1, 0.15) is 5.82 Å². The molecule has 2 atom stereocenters. The van der Waals surface area contributed by atoms with Gasteiger partial charge in [0.15, 0.2) is 5.69 Å². The number of hydrogen-bond acceptors (Lipinski definition) is 5. The molecule has 1 aromatic rings. The molecule has 0 aromatic carbocycles. The molecule has 1 heterocycles. The highest BCUT2D eigenvalue weighted by atomic mass is 32.2. The molecule has 2 unspecified atom stereocenters. The third-order valence-electron chi connectivity index (χ3n) is 3.54. The maximum Gasteiger partial charge on any atom is 0.360 e. The number of imidazole rings is 1. The van der Waals surface area contributed by atoms with Crippen LogP contribution in [0.25, 0.3) is 0 Å². The van der Waals surface area contributed by atoms with E-state index in [0.717, 1.165) is 12.8 Å². The second kappa shape index (κ2) is 5.65. The van der Waals surface area contributed by atoms with Gasteiger partial charge in [-0.15, -0.1) is 0 Å². The molecule has 0 spiro atoms. The predicted octanol–water partition coefficient (Wildman–Crippen LogP) is 2.10. The minimum absolute atomic E-state index is 0.226. The molecule has 6 heteroatoms. The van der Waals surface area contributed by atoms with Crippen LogP contribution in [0.1, 0.15) is 42.2 Å². The molecule has 1 aliphatic rings. The Balaban J connectivity index is 2.18. The van der Waals surface area contributed by atoms with Crippen LogP contribution >= 0.6 is 11.8 Å². The van der Waals surface area contributed by atoms with E-state index in [0.29, 0.717) is 17.1 Å². The zero-order valence-corrected chi connectivity index (χ0v) is 11.6. The quantitative estimate of drug-likeness (QED) is 0.851. The van der Waals surface area contributed by atoms with E-state index in [2.05, 4.69) is 16.0 Å². The monoisotopic (exact) mass is 269 g/mol. The van der Waals surface area contributed by atoms with Crippen LogP contribution in [0.15, 0.2) is 6.33 Å².